The van der Waals surface area contributed by atoms with Crippen LogP contribution in [-0.4, -0.2) is 65.3 Å². The minimum absolute atomic E-state index is 0.0706. The Labute approximate surface area is 234 Å². The molecule has 0 spiro atoms. The fraction of sp³-hybridized carbons (Fsp3) is 0.633. The normalized spacial score (nSPS) is 18.4. The van der Waals surface area contributed by atoms with E-state index in [1.54, 1.807) is 31.0 Å². The number of amides is 3. The van der Waals surface area contributed by atoms with Gasteiger partial charge in [-0.15, -0.1) is 0 Å². The molecule has 1 aliphatic rings. The Balaban J connectivity index is 2.13. The fourth-order valence-corrected chi connectivity index (χ4v) is 5.12. The monoisotopic (exact) mass is 546 g/mol. The highest BCUT2D eigenvalue weighted by Crippen LogP contribution is 2.21. The predicted molar refractivity (Wildman–Crippen MR) is 155 cm³/mol. The molecule has 1 heterocycles. The van der Waals surface area contributed by atoms with Gasteiger partial charge < -0.3 is 15.5 Å². The lowest BCUT2D eigenvalue weighted by atomic mass is 9.95. The number of halogens is 1. The van der Waals surface area contributed by atoms with Crippen molar-refractivity contribution in [3.05, 3.63) is 46.5 Å². The Bertz CT molecular complexity index is 974. The average Bonchev–Trinajstić information content (AvgIpc) is 2.88. The summed E-state index contributed by atoms with van der Waals surface area (Å²) in [6.07, 6.45) is 4.76. The van der Waals surface area contributed by atoms with E-state index in [0.717, 1.165) is 31.4 Å². The minimum Gasteiger partial charge on any atom is -0.348 e. The number of hydrogen-bond acceptors (Lipinski definition) is 4. The highest BCUT2D eigenvalue weighted by molar-refractivity contribution is 6.30. The molecule has 2 N–H and O–H groups in total. The van der Waals surface area contributed by atoms with Crippen LogP contribution >= 0.6 is 11.6 Å². The number of rotatable bonds is 11. The Morgan fingerprint density at radius 1 is 1.05 bits per heavy atom. The third-order valence-corrected chi connectivity index (χ3v) is 7.62. The quantitative estimate of drug-likeness (QED) is 0.391. The lowest BCUT2D eigenvalue weighted by molar-refractivity contribution is -0.140. The van der Waals surface area contributed by atoms with Crippen molar-refractivity contribution >= 4 is 29.3 Å². The first-order valence-electron chi connectivity index (χ1n) is 13.9. The third kappa shape index (κ3) is 8.84. The number of nitrogens with one attached hydrogen (secondary N) is 2. The summed E-state index contributed by atoms with van der Waals surface area (Å²) < 4.78 is 0. The van der Waals surface area contributed by atoms with E-state index in [1.165, 1.54) is 0 Å². The van der Waals surface area contributed by atoms with Crippen LogP contribution in [0.4, 0.5) is 0 Å². The fourth-order valence-electron chi connectivity index (χ4n) is 4.99. The van der Waals surface area contributed by atoms with Crippen molar-refractivity contribution < 1.29 is 14.4 Å². The molecular formula is C30H47ClN4O3. The molecule has 1 aromatic carbocycles. The van der Waals surface area contributed by atoms with Crippen LogP contribution in [0.15, 0.2) is 35.9 Å². The molecule has 212 valence electrons. The van der Waals surface area contributed by atoms with Gasteiger partial charge in [0.25, 0.3) is 0 Å². The molecule has 0 radical (unpaired) electrons. The zero-order valence-corrected chi connectivity index (χ0v) is 25.1. The summed E-state index contributed by atoms with van der Waals surface area (Å²) in [5.74, 6) is -0.420. The number of likely N-dealkylation sites (N-methyl/N-ethyl adjacent to an activating group) is 1. The number of benzene rings is 1. The summed E-state index contributed by atoms with van der Waals surface area (Å²) in [6.45, 7) is 15.2. The summed E-state index contributed by atoms with van der Waals surface area (Å²) in [4.78, 5) is 43.8. The second-order valence-corrected chi connectivity index (χ2v) is 11.9. The van der Waals surface area contributed by atoms with Crippen molar-refractivity contribution in [2.24, 2.45) is 11.8 Å². The number of carbonyl (C=O) groups is 3. The molecule has 7 nitrogen and oxygen atoms in total. The first-order chi connectivity index (χ1) is 17.8. The lowest BCUT2D eigenvalue weighted by Gasteiger charge is -2.39. The summed E-state index contributed by atoms with van der Waals surface area (Å²) in [7, 11) is 1.75. The smallest absolute Gasteiger partial charge is 0.246 e. The largest absolute Gasteiger partial charge is 0.348 e. The van der Waals surface area contributed by atoms with Crippen molar-refractivity contribution in [1.29, 1.82) is 0 Å². The highest BCUT2D eigenvalue weighted by Gasteiger charge is 2.36. The maximum absolute atomic E-state index is 13.7. The van der Waals surface area contributed by atoms with Crippen molar-refractivity contribution in [3.8, 4) is 0 Å². The van der Waals surface area contributed by atoms with Crippen LogP contribution < -0.4 is 10.6 Å². The number of carbonyl (C=O) groups excluding carboxylic acids is 3. The Morgan fingerprint density at radius 3 is 2.24 bits per heavy atom. The van der Waals surface area contributed by atoms with Crippen molar-refractivity contribution in [2.75, 3.05) is 13.6 Å². The highest BCUT2D eigenvalue weighted by atomic mass is 35.5. The van der Waals surface area contributed by atoms with Gasteiger partial charge in [0.2, 0.25) is 17.7 Å². The lowest BCUT2D eigenvalue weighted by Crippen LogP contribution is -2.58. The molecule has 38 heavy (non-hydrogen) atoms. The molecule has 3 amide bonds. The average molecular weight is 547 g/mol. The topological polar surface area (TPSA) is 81.8 Å². The molecule has 1 unspecified atom stereocenters. The van der Waals surface area contributed by atoms with Gasteiger partial charge in [0.15, 0.2) is 0 Å². The van der Waals surface area contributed by atoms with Crippen molar-refractivity contribution in [3.63, 3.8) is 0 Å². The maximum Gasteiger partial charge on any atom is 0.246 e. The van der Waals surface area contributed by atoms with Gasteiger partial charge in [-0.3, -0.25) is 19.3 Å². The molecule has 1 fully saturated rings. The molecular weight excluding hydrogens is 500 g/mol. The van der Waals surface area contributed by atoms with Gasteiger partial charge in [0.05, 0.1) is 12.1 Å². The van der Waals surface area contributed by atoms with Crippen LogP contribution in [0.3, 0.4) is 0 Å². The van der Waals surface area contributed by atoms with Gasteiger partial charge in [-0.2, -0.15) is 0 Å². The summed E-state index contributed by atoms with van der Waals surface area (Å²) in [5.41, 5.74) is 1.49. The number of likely N-dealkylation sites (tertiary alicyclic amines) is 1. The van der Waals surface area contributed by atoms with Gasteiger partial charge >= 0.3 is 0 Å². The number of piperidine rings is 1. The molecule has 1 aromatic rings. The van der Waals surface area contributed by atoms with E-state index in [-0.39, 0.29) is 47.7 Å². The first kappa shape index (κ1) is 31.8. The molecule has 2 rings (SSSR count). The molecule has 3 atom stereocenters. The van der Waals surface area contributed by atoms with Gasteiger partial charge in [0.1, 0.15) is 6.04 Å². The summed E-state index contributed by atoms with van der Waals surface area (Å²) >= 11 is 5.94. The van der Waals surface area contributed by atoms with Gasteiger partial charge in [-0.1, -0.05) is 63.9 Å². The van der Waals surface area contributed by atoms with E-state index in [4.69, 9.17) is 11.6 Å². The molecule has 8 heteroatoms. The van der Waals surface area contributed by atoms with Crippen LogP contribution in [0.1, 0.15) is 73.3 Å². The second-order valence-electron chi connectivity index (χ2n) is 11.4. The summed E-state index contributed by atoms with van der Waals surface area (Å²) in [6, 6.07) is 6.44. The van der Waals surface area contributed by atoms with Gasteiger partial charge in [0, 0.05) is 30.2 Å². The zero-order valence-electron chi connectivity index (χ0n) is 24.4. The van der Waals surface area contributed by atoms with E-state index in [0.29, 0.717) is 17.1 Å². The van der Waals surface area contributed by atoms with Crippen molar-refractivity contribution in [1.82, 2.24) is 20.4 Å². The molecule has 0 aromatic heterocycles. The van der Waals surface area contributed by atoms with Crippen LogP contribution in [0.25, 0.3) is 0 Å². The van der Waals surface area contributed by atoms with Gasteiger partial charge in [-0.25, -0.2) is 0 Å². The SMILES string of the molecule is CC(=CC(C(C)C)N(C)C(=O)[C@@H](NC(=O)[C@H]1CCCCN1C(C)C)C(C)C)C(=O)NCc1ccc(Cl)cc1. The number of nitrogens with zero attached hydrogens (tertiary/aromatic N) is 2. The predicted octanol–water partition coefficient (Wildman–Crippen LogP) is 4.79. The van der Waals surface area contributed by atoms with Crippen LogP contribution in [0.5, 0.6) is 0 Å². The number of hydrogen-bond donors (Lipinski definition) is 2. The third-order valence-electron chi connectivity index (χ3n) is 7.36. The van der Waals surface area contributed by atoms with Crippen molar-refractivity contribution in [2.45, 2.75) is 98.4 Å². The van der Waals surface area contributed by atoms with E-state index >= 15 is 0 Å². The molecule has 0 bridgehead atoms. The molecule has 1 saturated heterocycles. The Kier molecular flexibility index (Phi) is 12.3. The molecule has 0 saturated carbocycles. The molecule has 1 aliphatic heterocycles. The Hall–Kier alpha value is -2.38. The first-order valence-corrected chi connectivity index (χ1v) is 14.2. The zero-order chi connectivity index (χ0) is 28.6. The van der Waals surface area contributed by atoms with E-state index in [9.17, 15) is 14.4 Å². The van der Waals surface area contributed by atoms with Crippen LogP contribution in [0, 0.1) is 11.8 Å². The second kappa shape index (κ2) is 14.7. The van der Waals surface area contributed by atoms with E-state index in [2.05, 4.69) is 29.4 Å². The van der Waals surface area contributed by atoms with Crippen LogP contribution in [0.2, 0.25) is 5.02 Å². The van der Waals surface area contributed by atoms with Crippen LogP contribution in [-0.2, 0) is 20.9 Å². The van der Waals surface area contributed by atoms with E-state index < -0.39 is 6.04 Å². The van der Waals surface area contributed by atoms with E-state index in [1.807, 2.05) is 45.9 Å². The maximum atomic E-state index is 13.7. The summed E-state index contributed by atoms with van der Waals surface area (Å²) in [5, 5.41) is 6.66. The Morgan fingerprint density at radius 2 is 1.68 bits per heavy atom. The molecule has 0 aliphatic carbocycles. The minimum atomic E-state index is -0.642. The van der Waals surface area contributed by atoms with Gasteiger partial charge in [-0.05, 0) is 69.7 Å². The standard InChI is InChI=1S/C30H47ClN4O3/c1-19(2)26(17-22(7)28(36)32-18-23-12-14-24(31)15-13-23)34(8)30(38)27(20(3)4)33-29(37)25-11-9-10-16-35(25)21(5)6/h12-15,17,19-21,25-27H,9-11,16,18H2,1-8H3,(H,32,36)(H,33,37)/t25-,26?,27+/m1/s1.